The minimum absolute atomic E-state index is 0.191. The number of rotatable bonds is 5. The number of aliphatic hydroxyl groups excluding tert-OH is 1. The minimum Gasteiger partial charge on any atom is -0.395 e. The van der Waals surface area contributed by atoms with Gasteiger partial charge in [0.05, 0.1) is 13.3 Å². The van der Waals surface area contributed by atoms with Gasteiger partial charge in [-0.1, -0.05) is 6.92 Å². The Kier molecular flexibility index (Phi) is 6.53. The van der Waals surface area contributed by atoms with Crippen molar-refractivity contribution in [2.75, 3.05) is 19.0 Å². The summed E-state index contributed by atoms with van der Waals surface area (Å²) in [6.07, 6.45) is 0.606. The van der Waals surface area contributed by atoms with Crippen LogP contribution in [0.4, 0.5) is 4.39 Å². The van der Waals surface area contributed by atoms with E-state index in [1.165, 1.54) is 0 Å². The van der Waals surface area contributed by atoms with Gasteiger partial charge in [0.25, 0.3) is 0 Å². The zero-order valence-electron chi connectivity index (χ0n) is 5.64. The number of alkyl halides is 1. The van der Waals surface area contributed by atoms with Gasteiger partial charge < -0.3 is 5.11 Å². The first kappa shape index (κ1) is 9.24. The summed E-state index contributed by atoms with van der Waals surface area (Å²) in [5.74, 6) is 0.818. The van der Waals surface area contributed by atoms with Gasteiger partial charge in [0.2, 0.25) is 0 Å². The van der Waals surface area contributed by atoms with Gasteiger partial charge >= 0.3 is 0 Å². The van der Waals surface area contributed by atoms with Crippen LogP contribution >= 0.6 is 11.8 Å². The van der Waals surface area contributed by atoms with E-state index in [1.807, 2.05) is 6.92 Å². The van der Waals surface area contributed by atoms with E-state index in [2.05, 4.69) is 0 Å². The summed E-state index contributed by atoms with van der Waals surface area (Å²) in [7, 11) is 0. The molecule has 56 valence electrons. The highest BCUT2D eigenvalue weighted by Crippen LogP contribution is 2.09. The lowest BCUT2D eigenvalue weighted by molar-refractivity contribution is 0.300. The Morgan fingerprint density at radius 3 is 2.78 bits per heavy atom. The lowest BCUT2D eigenvalue weighted by atomic mass is 10.5. The summed E-state index contributed by atoms with van der Waals surface area (Å²) >= 11 is 1.61. The molecule has 1 nitrogen and oxygen atoms in total. The van der Waals surface area contributed by atoms with Crippen molar-refractivity contribution in [1.82, 2.24) is 0 Å². The number of hydrogen-bond donors (Lipinski definition) is 1. The van der Waals surface area contributed by atoms with Crippen LogP contribution in [-0.2, 0) is 0 Å². The van der Waals surface area contributed by atoms with Crippen LogP contribution < -0.4 is 0 Å². The van der Waals surface area contributed by atoms with Crippen molar-refractivity contribution in [2.45, 2.75) is 18.6 Å². The maximum absolute atomic E-state index is 11.5. The van der Waals surface area contributed by atoms with Gasteiger partial charge in [-0.05, 0) is 12.2 Å². The molecule has 0 aromatic carbocycles. The van der Waals surface area contributed by atoms with Crippen LogP contribution in [0.15, 0.2) is 0 Å². The summed E-state index contributed by atoms with van der Waals surface area (Å²) in [5.41, 5.74) is 0. The first-order valence-corrected chi connectivity index (χ1v) is 4.14. The molecule has 0 fully saturated rings. The molecule has 0 radical (unpaired) electrons. The van der Waals surface area contributed by atoms with Crippen LogP contribution in [-0.4, -0.2) is 29.4 Å². The average Bonchev–Trinajstić information content (AvgIpc) is 1.89. The topological polar surface area (TPSA) is 20.2 Å². The molecular weight excluding hydrogens is 139 g/mol. The first-order valence-electron chi connectivity index (χ1n) is 3.09. The summed E-state index contributed by atoms with van der Waals surface area (Å²) < 4.78 is 11.5. The molecule has 0 saturated carbocycles. The van der Waals surface area contributed by atoms with E-state index in [9.17, 15) is 4.39 Å². The Morgan fingerprint density at radius 2 is 2.33 bits per heavy atom. The highest BCUT2D eigenvalue weighted by molar-refractivity contribution is 7.99. The maximum Gasteiger partial charge on any atom is 0.0902 e. The molecule has 0 aromatic heterocycles. The zero-order chi connectivity index (χ0) is 7.11. The normalized spacial score (nSPS) is 13.7. The predicted octanol–water partition coefficient (Wildman–Crippen LogP) is 1.46. The summed E-state index contributed by atoms with van der Waals surface area (Å²) in [6, 6.07) is 0. The third-order valence-electron chi connectivity index (χ3n) is 0.937. The molecule has 0 bridgehead atoms. The SMILES string of the molecule is CC(CO)SCCCF. The van der Waals surface area contributed by atoms with Gasteiger partial charge in [-0.2, -0.15) is 11.8 Å². The molecule has 0 amide bonds. The van der Waals surface area contributed by atoms with Gasteiger partial charge in [-0.3, -0.25) is 4.39 Å². The molecule has 0 rings (SSSR count). The fraction of sp³-hybridized carbons (Fsp3) is 1.00. The third-order valence-corrected chi connectivity index (χ3v) is 2.18. The van der Waals surface area contributed by atoms with Gasteiger partial charge in [-0.25, -0.2) is 0 Å². The second-order valence-electron chi connectivity index (χ2n) is 1.91. The van der Waals surface area contributed by atoms with Crippen LogP contribution in [0.3, 0.4) is 0 Å². The molecule has 0 saturated heterocycles. The van der Waals surface area contributed by atoms with Gasteiger partial charge in [0.1, 0.15) is 0 Å². The molecule has 9 heavy (non-hydrogen) atoms. The fourth-order valence-corrected chi connectivity index (χ4v) is 1.18. The monoisotopic (exact) mass is 152 g/mol. The standard InChI is InChI=1S/C6H13FOS/c1-6(5-8)9-4-2-3-7/h6,8H,2-5H2,1H3. The van der Waals surface area contributed by atoms with E-state index in [0.29, 0.717) is 6.42 Å². The van der Waals surface area contributed by atoms with E-state index < -0.39 is 0 Å². The van der Waals surface area contributed by atoms with Crippen molar-refractivity contribution in [3.63, 3.8) is 0 Å². The van der Waals surface area contributed by atoms with Gasteiger partial charge in [0, 0.05) is 5.25 Å². The maximum atomic E-state index is 11.5. The van der Waals surface area contributed by atoms with E-state index in [4.69, 9.17) is 5.11 Å². The first-order chi connectivity index (χ1) is 4.31. The molecule has 0 aliphatic rings. The Hall–Kier alpha value is 0.240. The molecule has 1 unspecified atom stereocenters. The third kappa shape index (κ3) is 6.12. The van der Waals surface area contributed by atoms with E-state index in [1.54, 1.807) is 11.8 Å². The Morgan fingerprint density at radius 1 is 1.67 bits per heavy atom. The summed E-state index contributed by atoms with van der Waals surface area (Å²) in [6.45, 7) is 1.88. The van der Waals surface area contributed by atoms with Crippen LogP contribution in [0.1, 0.15) is 13.3 Å². The van der Waals surface area contributed by atoms with Gasteiger partial charge in [-0.15, -0.1) is 0 Å². The Balaban J connectivity index is 2.88. The quantitative estimate of drug-likeness (QED) is 0.602. The summed E-state index contributed by atoms with van der Waals surface area (Å²) in [4.78, 5) is 0. The molecule has 0 aromatic rings. The Labute approximate surface area is 59.6 Å². The highest BCUT2D eigenvalue weighted by atomic mass is 32.2. The lowest BCUT2D eigenvalue weighted by Gasteiger charge is -2.04. The van der Waals surface area contributed by atoms with Crippen LogP contribution in [0.5, 0.6) is 0 Å². The predicted molar refractivity (Wildman–Crippen MR) is 39.6 cm³/mol. The largest absolute Gasteiger partial charge is 0.395 e. The molecule has 0 aliphatic heterocycles. The lowest BCUT2D eigenvalue weighted by Crippen LogP contribution is -2.02. The second-order valence-corrected chi connectivity index (χ2v) is 3.45. The van der Waals surface area contributed by atoms with Crippen molar-refractivity contribution in [2.24, 2.45) is 0 Å². The zero-order valence-corrected chi connectivity index (χ0v) is 6.46. The molecule has 3 heteroatoms. The van der Waals surface area contributed by atoms with Crippen LogP contribution in [0.2, 0.25) is 0 Å². The van der Waals surface area contributed by atoms with Crippen LogP contribution in [0, 0.1) is 0 Å². The van der Waals surface area contributed by atoms with E-state index >= 15 is 0 Å². The molecule has 0 spiro atoms. The van der Waals surface area contributed by atoms with Crippen molar-refractivity contribution >= 4 is 11.8 Å². The molecular formula is C6H13FOS. The minimum atomic E-state index is -0.245. The van der Waals surface area contributed by atoms with Crippen molar-refractivity contribution < 1.29 is 9.50 Å². The number of thioether (sulfide) groups is 1. The molecule has 1 atom stereocenters. The van der Waals surface area contributed by atoms with Crippen molar-refractivity contribution in [1.29, 1.82) is 0 Å². The number of hydrogen-bond acceptors (Lipinski definition) is 2. The average molecular weight is 152 g/mol. The fourth-order valence-electron chi connectivity index (χ4n) is 0.392. The van der Waals surface area contributed by atoms with E-state index in [-0.39, 0.29) is 18.5 Å². The van der Waals surface area contributed by atoms with Gasteiger partial charge in [0.15, 0.2) is 0 Å². The summed E-state index contributed by atoms with van der Waals surface area (Å²) in [5, 5.41) is 8.78. The molecule has 0 heterocycles. The smallest absolute Gasteiger partial charge is 0.0902 e. The van der Waals surface area contributed by atoms with Crippen LogP contribution in [0.25, 0.3) is 0 Å². The van der Waals surface area contributed by atoms with Crippen molar-refractivity contribution in [3.8, 4) is 0 Å². The number of aliphatic hydroxyl groups is 1. The second kappa shape index (κ2) is 6.36. The molecule has 0 aliphatic carbocycles. The Bertz CT molecular complexity index is 61.0. The highest BCUT2D eigenvalue weighted by Gasteiger charge is 1.97. The number of halogens is 1. The molecule has 1 N–H and O–H groups in total. The van der Waals surface area contributed by atoms with E-state index in [0.717, 1.165) is 5.75 Å². The van der Waals surface area contributed by atoms with Crippen molar-refractivity contribution in [3.05, 3.63) is 0 Å².